The van der Waals surface area contributed by atoms with Gasteiger partial charge in [-0.2, -0.15) is 0 Å². The second-order valence-electron chi connectivity index (χ2n) is 5.57. The summed E-state index contributed by atoms with van der Waals surface area (Å²) in [5.41, 5.74) is -0.259. The zero-order chi connectivity index (χ0) is 10.7. The molecule has 0 spiro atoms. The van der Waals surface area contributed by atoms with Gasteiger partial charge in [-0.1, -0.05) is 33.5 Å². The molecule has 0 bridgehead atoms. The molecule has 13 heavy (non-hydrogen) atoms. The number of rotatable bonds is 5. The average Bonchev–Trinajstić information content (AvgIpc) is 1.98. The Kier molecular flexibility index (Phi) is 4.62. The van der Waals surface area contributed by atoms with Crippen LogP contribution in [0.5, 0.6) is 0 Å². The van der Waals surface area contributed by atoms with Crippen LogP contribution < -0.4 is 0 Å². The molecule has 0 unspecified atom stereocenters. The molecule has 0 atom stereocenters. The Morgan fingerprint density at radius 2 is 1.46 bits per heavy atom. The highest BCUT2D eigenvalue weighted by Gasteiger charge is 2.37. The van der Waals surface area contributed by atoms with Crippen molar-refractivity contribution in [3.63, 3.8) is 0 Å². The maximum atomic E-state index is 9.37. The molecule has 0 saturated heterocycles. The Morgan fingerprint density at radius 3 is 1.54 bits per heavy atom. The first-order valence-corrected chi connectivity index (χ1v) is 8.70. The lowest BCUT2D eigenvalue weighted by atomic mass is 9.80. The number of aliphatic hydroxyl groups is 2. The van der Waals surface area contributed by atoms with Crippen LogP contribution in [0.25, 0.3) is 0 Å². The van der Waals surface area contributed by atoms with Crippen LogP contribution in [-0.2, 0) is 0 Å². The second-order valence-corrected chi connectivity index (χ2v) is 11.0. The highest BCUT2D eigenvalue weighted by Crippen LogP contribution is 2.35. The standard InChI is InChI=1S/C10H24O2Si/c1-9(2)10(6-11,7-12)8-13(3,4)5/h9,11-12H,6-8H2,1-5H3. The fourth-order valence-electron chi connectivity index (χ4n) is 1.79. The van der Waals surface area contributed by atoms with E-state index in [4.69, 9.17) is 0 Å². The van der Waals surface area contributed by atoms with Crippen LogP contribution in [0.4, 0.5) is 0 Å². The maximum absolute atomic E-state index is 9.37. The largest absolute Gasteiger partial charge is 0.396 e. The van der Waals surface area contributed by atoms with Gasteiger partial charge in [-0.15, -0.1) is 0 Å². The van der Waals surface area contributed by atoms with Gasteiger partial charge in [0.05, 0.1) is 13.2 Å². The lowest BCUT2D eigenvalue weighted by Crippen LogP contribution is -2.42. The molecule has 3 heteroatoms. The van der Waals surface area contributed by atoms with Crippen molar-refractivity contribution in [3.8, 4) is 0 Å². The monoisotopic (exact) mass is 204 g/mol. The third-order valence-corrected chi connectivity index (χ3v) is 4.50. The van der Waals surface area contributed by atoms with Gasteiger partial charge in [0.15, 0.2) is 0 Å². The molecule has 2 N–H and O–H groups in total. The summed E-state index contributed by atoms with van der Waals surface area (Å²) in [5.74, 6) is 0.342. The van der Waals surface area contributed by atoms with Crippen molar-refractivity contribution in [2.75, 3.05) is 13.2 Å². The van der Waals surface area contributed by atoms with Crippen molar-refractivity contribution in [2.24, 2.45) is 11.3 Å². The summed E-state index contributed by atoms with van der Waals surface area (Å²) in [6, 6.07) is 0.991. The molecular formula is C10H24O2Si. The topological polar surface area (TPSA) is 40.5 Å². The van der Waals surface area contributed by atoms with Gasteiger partial charge < -0.3 is 10.2 Å². The lowest BCUT2D eigenvalue weighted by Gasteiger charge is -2.38. The van der Waals surface area contributed by atoms with Crippen molar-refractivity contribution in [1.29, 1.82) is 0 Å². The van der Waals surface area contributed by atoms with Gasteiger partial charge in [-0.05, 0) is 12.0 Å². The Hall–Kier alpha value is 0.137. The van der Waals surface area contributed by atoms with Gasteiger partial charge in [0.2, 0.25) is 0 Å². The second kappa shape index (κ2) is 4.58. The minimum atomic E-state index is -1.22. The number of aliphatic hydroxyl groups excluding tert-OH is 2. The fourth-order valence-corrected chi connectivity index (χ4v) is 4.53. The SMILES string of the molecule is CC(C)C(CO)(CO)C[Si](C)(C)C. The van der Waals surface area contributed by atoms with E-state index < -0.39 is 8.07 Å². The minimum absolute atomic E-state index is 0.103. The van der Waals surface area contributed by atoms with Gasteiger partial charge in [-0.3, -0.25) is 0 Å². The molecule has 80 valence electrons. The zero-order valence-corrected chi connectivity index (χ0v) is 10.6. The van der Waals surface area contributed by atoms with Crippen LogP contribution in [0.15, 0.2) is 0 Å². The summed E-state index contributed by atoms with van der Waals surface area (Å²) in [6.45, 7) is 11.2. The Balaban J connectivity index is 4.58. The molecule has 0 rings (SSSR count). The summed E-state index contributed by atoms with van der Waals surface area (Å²) in [6.07, 6.45) is 0. The lowest BCUT2D eigenvalue weighted by molar-refractivity contribution is 0.0311. The number of hydrogen-bond donors (Lipinski definition) is 2. The van der Waals surface area contributed by atoms with Gasteiger partial charge >= 0.3 is 0 Å². The van der Waals surface area contributed by atoms with Crippen LogP contribution in [0.1, 0.15) is 13.8 Å². The number of hydrogen-bond acceptors (Lipinski definition) is 2. The smallest absolute Gasteiger partial charge is 0.0509 e. The van der Waals surface area contributed by atoms with E-state index in [-0.39, 0.29) is 18.6 Å². The molecule has 0 fully saturated rings. The molecule has 0 amide bonds. The molecule has 0 aromatic heterocycles. The molecule has 0 saturated carbocycles. The first kappa shape index (κ1) is 13.1. The normalized spacial score (nSPS) is 13.8. The zero-order valence-electron chi connectivity index (χ0n) is 9.59. The molecule has 0 aliphatic carbocycles. The van der Waals surface area contributed by atoms with Crippen LogP contribution in [0.2, 0.25) is 25.7 Å². The van der Waals surface area contributed by atoms with Gasteiger partial charge in [-0.25, -0.2) is 0 Å². The third-order valence-electron chi connectivity index (χ3n) is 2.74. The Labute approximate surface area is 83.0 Å². The van der Waals surface area contributed by atoms with Crippen molar-refractivity contribution >= 4 is 8.07 Å². The van der Waals surface area contributed by atoms with Crippen LogP contribution in [0, 0.1) is 11.3 Å². The highest BCUT2D eigenvalue weighted by atomic mass is 28.3. The summed E-state index contributed by atoms with van der Waals surface area (Å²) in [7, 11) is -1.22. The maximum Gasteiger partial charge on any atom is 0.0509 e. The van der Waals surface area contributed by atoms with Crippen molar-refractivity contribution in [3.05, 3.63) is 0 Å². The van der Waals surface area contributed by atoms with E-state index in [0.29, 0.717) is 5.92 Å². The van der Waals surface area contributed by atoms with E-state index >= 15 is 0 Å². The fraction of sp³-hybridized carbons (Fsp3) is 1.00. The summed E-state index contributed by atoms with van der Waals surface area (Å²) >= 11 is 0. The predicted octanol–water partition coefficient (Wildman–Crippen LogP) is 1.95. The molecule has 2 nitrogen and oxygen atoms in total. The van der Waals surface area contributed by atoms with E-state index in [0.717, 1.165) is 6.04 Å². The first-order chi connectivity index (χ1) is 5.77. The van der Waals surface area contributed by atoms with Crippen molar-refractivity contribution in [1.82, 2.24) is 0 Å². The molecule has 0 radical (unpaired) electrons. The predicted molar refractivity (Wildman–Crippen MR) is 59.6 cm³/mol. The molecule has 0 aliphatic rings. The summed E-state index contributed by atoms with van der Waals surface area (Å²) in [5, 5.41) is 18.7. The van der Waals surface area contributed by atoms with Crippen LogP contribution in [0.3, 0.4) is 0 Å². The van der Waals surface area contributed by atoms with Crippen LogP contribution >= 0.6 is 0 Å². The molecule has 0 aliphatic heterocycles. The minimum Gasteiger partial charge on any atom is -0.396 e. The van der Waals surface area contributed by atoms with E-state index in [9.17, 15) is 10.2 Å². The van der Waals surface area contributed by atoms with Gasteiger partial charge in [0, 0.05) is 13.5 Å². The highest BCUT2D eigenvalue weighted by molar-refractivity contribution is 6.76. The van der Waals surface area contributed by atoms with E-state index in [1.54, 1.807) is 0 Å². The summed E-state index contributed by atoms with van der Waals surface area (Å²) in [4.78, 5) is 0. The first-order valence-electron chi connectivity index (χ1n) is 4.99. The van der Waals surface area contributed by atoms with E-state index in [1.165, 1.54) is 0 Å². The molecular weight excluding hydrogens is 180 g/mol. The van der Waals surface area contributed by atoms with E-state index in [1.807, 2.05) is 0 Å². The van der Waals surface area contributed by atoms with Crippen molar-refractivity contribution in [2.45, 2.75) is 39.5 Å². The van der Waals surface area contributed by atoms with E-state index in [2.05, 4.69) is 33.5 Å². The Morgan fingerprint density at radius 1 is 1.08 bits per heavy atom. The van der Waals surface area contributed by atoms with Gasteiger partial charge in [0.1, 0.15) is 0 Å². The average molecular weight is 204 g/mol. The molecule has 0 heterocycles. The third kappa shape index (κ3) is 3.79. The van der Waals surface area contributed by atoms with Crippen molar-refractivity contribution < 1.29 is 10.2 Å². The van der Waals surface area contributed by atoms with Crippen LogP contribution in [-0.4, -0.2) is 31.5 Å². The quantitative estimate of drug-likeness (QED) is 0.672. The molecule has 0 aromatic rings. The summed E-state index contributed by atoms with van der Waals surface area (Å²) < 4.78 is 0. The molecule has 0 aromatic carbocycles. The van der Waals surface area contributed by atoms with Gasteiger partial charge in [0.25, 0.3) is 0 Å². The Bertz CT molecular complexity index is 145.